The van der Waals surface area contributed by atoms with E-state index in [1.807, 2.05) is 54.6 Å². The van der Waals surface area contributed by atoms with Crippen molar-refractivity contribution in [2.45, 2.75) is 0 Å². The van der Waals surface area contributed by atoms with Crippen molar-refractivity contribution in [1.82, 2.24) is 0 Å². The van der Waals surface area contributed by atoms with E-state index in [9.17, 15) is 0 Å². The highest BCUT2D eigenvalue weighted by Gasteiger charge is 2.31. The van der Waals surface area contributed by atoms with Crippen molar-refractivity contribution in [3.63, 3.8) is 0 Å². The molecule has 0 saturated carbocycles. The van der Waals surface area contributed by atoms with E-state index in [1.54, 1.807) is 0 Å². The summed E-state index contributed by atoms with van der Waals surface area (Å²) in [6.07, 6.45) is 0. The molecule has 7 aromatic rings. The van der Waals surface area contributed by atoms with Gasteiger partial charge in [-0.15, -0.1) is 0 Å². The highest BCUT2D eigenvalue weighted by atomic mass is 16.1. The first-order chi connectivity index (χ1) is 21.8. The van der Waals surface area contributed by atoms with Crippen LogP contribution in [0.3, 0.4) is 0 Å². The van der Waals surface area contributed by atoms with Gasteiger partial charge in [-0.05, 0) is 44.5 Å². The van der Waals surface area contributed by atoms with E-state index in [0.29, 0.717) is 11.1 Å². The van der Waals surface area contributed by atoms with Crippen LogP contribution in [0.4, 0.5) is 0 Å². The minimum Gasteiger partial charge on any atom is -0.289 e. The summed E-state index contributed by atoms with van der Waals surface area (Å²) in [5.41, 5.74) is 11.6. The molecule has 0 saturated heterocycles. The smallest absolute Gasteiger partial charge is 0.194 e. The topological polar surface area (TPSA) is 17.1 Å². The van der Waals surface area contributed by atoms with E-state index in [0.717, 1.165) is 55.6 Å². The number of ketones is 1. The van der Waals surface area contributed by atoms with E-state index < -0.39 is 0 Å². The average molecular weight is 563 g/mol. The third-order valence-electron chi connectivity index (χ3n) is 8.08. The molecule has 0 N–H and O–H groups in total. The third-order valence-corrected chi connectivity index (χ3v) is 8.08. The average Bonchev–Trinajstić information content (AvgIpc) is 3.12. The molecule has 0 aliphatic rings. The Morgan fingerprint density at radius 1 is 0.273 bits per heavy atom. The Morgan fingerprint density at radius 2 is 0.500 bits per heavy atom. The lowest BCUT2D eigenvalue weighted by Crippen LogP contribution is -2.10. The summed E-state index contributed by atoms with van der Waals surface area (Å²) in [4.78, 5) is 15.0. The predicted molar refractivity (Wildman–Crippen MR) is 183 cm³/mol. The summed E-state index contributed by atoms with van der Waals surface area (Å²) >= 11 is 0. The fourth-order valence-electron chi connectivity index (χ4n) is 6.18. The SMILES string of the molecule is O=C(c1ccccc1)c1c(-c2ccccc2)c(-c2ccccc2)c(-c2ccccc2)c(-c2ccccc2)c1-c1ccccc1. The molecule has 0 bridgehead atoms. The van der Waals surface area contributed by atoms with Crippen LogP contribution >= 0.6 is 0 Å². The second kappa shape index (κ2) is 12.2. The lowest BCUT2D eigenvalue weighted by atomic mass is 9.74. The highest BCUT2D eigenvalue weighted by molar-refractivity contribution is 6.23. The van der Waals surface area contributed by atoms with Crippen LogP contribution in [-0.4, -0.2) is 5.78 Å². The molecule has 44 heavy (non-hydrogen) atoms. The van der Waals surface area contributed by atoms with Gasteiger partial charge in [0.05, 0.1) is 0 Å². The van der Waals surface area contributed by atoms with E-state index in [4.69, 9.17) is 0 Å². The molecule has 7 rings (SSSR count). The van der Waals surface area contributed by atoms with Crippen LogP contribution in [0.2, 0.25) is 0 Å². The zero-order valence-corrected chi connectivity index (χ0v) is 24.2. The molecule has 208 valence electrons. The van der Waals surface area contributed by atoms with Gasteiger partial charge in [0.25, 0.3) is 0 Å². The number of carbonyl (C=O) groups is 1. The molecule has 0 spiro atoms. The number of carbonyl (C=O) groups excluding carboxylic acids is 1. The second-order valence-electron chi connectivity index (χ2n) is 10.8. The molecule has 0 unspecified atom stereocenters. The summed E-state index contributed by atoms with van der Waals surface area (Å²) in [5.74, 6) is -0.00252. The number of benzene rings is 7. The van der Waals surface area contributed by atoms with E-state index in [2.05, 4.69) is 127 Å². The molecule has 0 amide bonds. The normalized spacial score (nSPS) is 10.8. The molecule has 0 aliphatic carbocycles. The van der Waals surface area contributed by atoms with Crippen LogP contribution in [0.25, 0.3) is 55.6 Å². The van der Waals surface area contributed by atoms with Crippen molar-refractivity contribution >= 4 is 5.78 Å². The molecule has 0 radical (unpaired) electrons. The molecule has 0 atom stereocenters. The molecule has 0 aromatic heterocycles. The second-order valence-corrected chi connectivity index (χ2v) is 10.8. The van der Waals surface area contributed by atoms with Gasteiger partial charge in [-0.1, -0.05) is 182 Å². The standard InChI is InChI=1S/C43H30O/c44-43(36-29-17-6-18-30-36)42-40(34-25-13-4-14-26-34)38(32-21-9-2-10-22-32)37(31-19-7-1-8-20-31)39(33-23-11-3-12-24-33)41(42)35-27-15-5-16-28-35/h1-30H. The van der Waals surface area contributed by atoms with Crippen LogP contribution in [-0.2, 0) is 0 Å². The Morgan fingerprint density at radius 3 is 0.795 bits per heavy atom. The van der Waals surface area contributed by atoms with Gasteiger partial charge in [0.2, 0.25) is 0 Å². The van der Waals surface area contributed by atoms with Crippen molar-refractivity contribution in [3.8, 4) is 55.6 Å². The summed E-state index contributed by atoms with van der Waals surface area (Å²) < 4.78 is 0. The fraction of sp³-hybridized carbons (Fsp3) is 0. The van der Waals surface area contributed by atoms with Crippen molar-refractivity contribution < 1.29 is 4.79 Å². The van der Waals surface area contributed by atoms with Crippen LogP contribution in [0, 0.1) is 0 Å². The molecule has 0 aliphatic heterocycles. The van der Waals surface area contributed by atoms with Gasteiger partial charge in [-0.2, -0.15) is 0 Å². The number of hydrogen-bond donors (Lipinski definition) is 0. The Bertz CT molecular complexity index is 1910. The highest BCUT2D eigenvalue weighted by Crippen LogP contribution is 2.53. The zero-order chi connectivity index (χ0) is 29.7. The Hall–Kier alpha value is -5.79. The van der Waals surface area contributed by atoms with Gasteiger partial charge >= 0.3 is 0 Å². The van der Waals surface area contributed by atoms with Crippen LogP contribution in [0.5, 0.6) is 0 Å². The first-order valence-electron chi connectivity index (χ1n) is 14.9. The van der Waals surface area contributed by atoms with Gasteiger partial charge in [-0.3, -0.25) is 4.79 Å². The number of hydrogen-bond acceptors (Lipinski definition) is 1. The van der Waals surface area contributed by atoms with Crippen LogP contribution < -0.4 is 0 Å². The summed E-state index contributed by atoms with van der Waals surface area (Å²) in [7, 11) is 0. The minimum absolute atomic E-state index is 0.00252. The summed E-state index contributed by atoms with van der Waals surface area (Å²) in [5, 5.41) is 0. The lowest BCUT2D eigenvalue weighted by Gasteiger charge is -2.28. The Labute approximate surface area is 258 Å². The molecular formula is C43H30O. The zero-order valence-electron chi connectivity index (χ0n) is 24.2. The van der Waals surface area contributed by atoms with Gasteiger partial charge in [0.1, 0.15) is 0 Å². The quantitative estimate of drug-likeness (QED) is 0.177. The van der Waals surface area contributed by atoms with Gasteiger partial charge < -0.3 is 0 Å². The third kappa shape index (κ3) is 5.06. The number of rotatable bonds is 7. The fourth-order valence-corrected chi connectivity index (χ4v) is 6.18. The first kappa shape index (κ1) is 27.1. The Kier molecular flexibility index (Phi) is 7.51. The van der Waals surface area contributed by atoms with E-state index >= 15 is 4.79 Å². The van der Waals surface area contributed by atoms with Crippen LogP contribution in [0.1, 0.15) is 15.9 Å². The monoisotopic (exact) mass is 562 g/mol. The van der Waals surface area contributed by atoms with Crippen molar-refractivity contribution in [2.75, 3.05) is 0 Å². The van der Waals surface area contributed by atoms with Gasteiger partial charge in [0.15, 0.2) is 5.78 Å². The molecule has 0 heterocycles. The van der Waals surface area contributed by atoms with Crippen molar-refractivity contribution in [1.29, 1.82) is 0 Å². The molecule has 1 heteroatoms. The van der Waals surface area contributed by atoms with E-state index in [1.165, 1.54) is 0 Å². The molecule has 1 nitrogen and oxygen atoms in total. The maximum Gasteiger partial charge on any atom is 0.194 e. The van der Waals surface area contributed by atoms with Crippen molar-refractivity contribution in [2.24, 2.45) is 0 Å². The Balaban J connectivity index is 1.79. The van der Waals surface area contributed by atoms with Crippen molar-refractivity contribution in [3.05, 3.63) is 193 Å². The minimum atomic E-state index is -0.00252. The molecular weight excluding hydrogens is 532 g/mol. The lowest BCUT2D eigenvalue weighted by molar-refractivity contribution is 0.104. The maximum atomic E-state index is 15.0. The summed E-state index contributed by atoms with van der Waals surface area (Å²) in [6, 6.07) is 62.0. The predicted octanol–water partition coefficient (Wildman–Crippen LogP) is 11.3. The van der Waals surface area contributed by atoms with Crippen LogP contribution in [0.15, 0.2) is 182 Å². The largest absolute Gasteiger partial charge is 0.289 e. The maximum absolute atomic E-state index is 15.0. The molecule has 7 aromatic carbocycles. The molecule has 0 fully saturated rings. The first-order valence-corrected chi connectivity index (χ1v) is 14.9. The van der Waals surface area contributed by atoms with E-state index in [-0.39, 0.29) is 5.78 Å². The van der Waals surface area contributed by atoms with Gasteiger partial charge in [0, 0.05) is 22.3 Å². The summed E-state index contributed by atoms with van der Waals surface area (Å²) in [6.45, 7) is 0. The van der Waals surface area contributed by atoms with Gasteiger partial charge in [-0.25, -0.2) is 0 Å².